The van der Waals surface area contributed by atoms with Crippen molar-refractivity contribution in [1.82, 2.24) is 19.5 Å². The number of nitrogens with two attached hydrogens (primary N) is 1. The van der Waals surface area contributed by atoms with Crippen LogP contribution in [0.2, 0.25) is 0 Å². The number of alkyl halides is 3. The second-order valence-electron chi connectivity index (χ2n) is 6.66. The number of hydrogen-bond acceptors (Lipinski definition) is 5. The molecule has 0 saturated carbocycles. The average Bonchev–Trinajstić information content (AvgIpc) is 3.07. The Morgan fingerprint density at radius 2 is 1.90 bits per heavy atom. The van der Waals surface area contributed by atoms with E-state index < -0.39 is 23.7 Å². The number of imidazole rings is 1. The number of anilines is 2. The standard InChI is InChI=1S/C20H14F4N6O/c1-10-3-2-4-12(21)17(10)18(31)29-15-8-27-16(9-26-15)30-14-6-5-11(25)7-13(14)28-19(30)20(22,23)24/h2-9H,25H2,1H3,(H,26,29,31). The molecule has 2 aromatic carbocycles. The molecule has 0 radical (unpaired) electrons. The number of hydrogen-bond donors (Lipinski definition) is 2. The van der Waals surface area contributed by atoms with Crippen LogP contribution in [0.4, 0.5) is 29.1 Å². The first kappa shape index (κ1) is 20.3. The second kappa shape index (κ2) is 7.35. The van der Waals surface area contributed by atoms with Gasteiger partial charge in [-0.2, -0.15) is 13.2 Å². The fourth-order valence-corrected chi connectivity index (χ4v) is 3.12. The minimum absolute atomic E-state index is 0.0431. The normalized spacial score (nSPS) is 11.6. The Morgan fingerprint density at radius 3 is 2.55 bits per heavy atom. The monoisotopic (exact) mass is 430 g/mol. The topological polar surface area (TPSA) is 98.7 Å². The lowest BCUT2D eigenvalue weighted by molar-refractivity contribution is -0.145. The van der Waals surface area contributed by atoms with E-state index in [1.54, 1.807) is 13.0 Å². The summed E-state index contributed by atoms with van der Waals surface area (Å²) in [6.45, 7) is 1.57. The maximum absolute atomic E-state index is 14.0. The molecule has 7 nitrogen and oxygen atoms in total. The van der Waals surface area contributed by atoms with E-state index >= 15 is 0 Å². The molecular formula is C20H14F4N6O. The summed E-state index contributed by atoms with van der Waals surface area (Å²) in [6, 6.07) is 8.34. The van der Waals surface area contributed by atoms with Crippen LogP contribution in [0.1, 0.15) is 21.7 Å². The van der Waals surface area contributed by atoms with Crippen molar-refractivity contribution < 1.29 is 22.4 Å². The third kappa shape index (κ3) is 3.77. The van der Waals surface area contributed by atoms with Gasteiger partial charge in [0.15, 0.2) is 11.6 Å². The van der Waals surface area contributed by atoms with Gasteiger partial charge in [0, 0.05) is 5.69 Å². The molecule has 31 heavy (non-hydrogen) atoms. The summed E-state index contributed by atoms with van der Waals surface area (Å²) in [5.41, 5.74) is 6.34. The molecule has 0 aliphatic heterocycles. The zero-order chi connectivity index (χ0) is 22.3. The van der Waals surface area contributed by atoms with Gasteiger partial charge in [-0.25, -0.2) is 19.3 Å². The highest BCUT2D eigenvalue weighted by atomic mass is 19.4. The first-order valence-corrected chi connectivity index (χ1v) is 8.89. The Labute approximate surface area is 172 Å². The molecular weight excluding hydrogens is 416 g/mol. The van der Waals surface area contributed by atoms with Crippen LogP contribution < -0.4 is 11.1 Å². The summed E-state index contributed by atoms with van der Waals surface area (Å²) >= 11 is 0. The number of benzene rings is 2. The van der Waals surface area contributed by atoms with Crippen LogP contribution in [0.25, 0.3) is 16.9 Å². The predicted molar refractivity (Wildman–Crippen MR) is 105 cm³/mol. The maximum atomic E-state index is 14.0. The van der Waals surface area contributed by atoms with Crippen LogP contribution in [0.3, 0.4) is 0 Å². The number of rotatable bonds is 3. The molecule has 0 spiro atoms. The summed E-state index contributed by atoms with van der Waals surface area (Å²) in [5.74, 6) is -2.88. The number of aromatic nitrogens is 4. The van der Waals surface area contributed by atoms with Crippen molar-refractivity contribution in [1.29, 1.82) is 0 Å². The van der Waals surface area contributed by atoms with E-state index in [9.17, 15) is 22.4 Å². The molecule has 0 unspecified atom stereocenters. The minimum atomic E-state index is -4.76. The third-order valence-electron chi connectivity index (χ3n) is 4.49. The van der Waals surface area contributed by atoms with E-state index in [0.717, 1.165) is 23.0 Å². The summed E-state index contributed by atoms with van der Waals surface area (Å²) < 4.78 is 55.4. The quantitative estimate of drug-likeness (QED) is 0.376. The third-order valence-corrected chi connectivity index (χ3v) is 4.49. The fraction of sp³-hybridized carbons (Fsp3) is 0.100. The van der Waals surface area contributed by atoms with Crippen LogP contribution in [0.5, 0.6) is 0 Å². The van der Waals surface area contributed by atoms with Gasteiger partial charge in [0.1, 0.15) is 5.82 Å². The average molecular weight is 430 g/mol. The number of halogens is 4. The molecule has 0 aliphatic carbocycles. The molecule has 0 aliphatic rings. The molecule has 2 aromatic heterocycles. The first-order chi connectivity index (χ1) is 14.6. The van der Waals surface area contributed by atoms with Gasteiger partial charge in [-0.1, -0.05) is 12.1 Å². The van der Waals surface area contributed by atoms with Crippen LogP contribution >= 0.6 is 0 Å². The van der Waals surface area contributed by atoms with Gasteiger partial charge in [-0.15, -0.1) is 0 Å². The van der Waals surface area contributed by atoms with Gasteiger partial charge in [-0.3, -0.25) is 9.36 Å². The number of nitrogens with one attached hydrogen (secondary N) is 1. The Hall–Kier alpha value is -4.02. The predicted octanol–water partition coefficient (Wildman–Crippen LogP) is 4.12. The van der Waals surface area contributed by atoms with Crippen LogP contribution in [-0.4, -0.2) is 25.4 Å². The SMILES string of the molecule is Cc1cccc(F)c1C(=O)Nc1cnc(-n2c(C(F)(F)F)nc3cc(N)ccc32)cn1. The molecule has 0 atom stereocenters. The van der Waals surface area contributed by atoms with Gasteiger partial charge in [0.05, 0.1) is 29.0 Å². The van der Waals surface area contributed by atoms with E-state index in [-0.39, 0.29) is 33.9 Å². The van der Waals surface area contributed by atoms with Gasteiger partial charge >= 0.3 is 6.18 Å². The van der Waals surface area contributed by atoms with Crippen LogP contribution in [0, 0.1) is 12.7 Å². The van der Waals surface area contributed by atoms with E-state index in [2.05, 4.69) is 20.3 Å². The highest BCUT2D eigenvalue weighted by Gasteiger charge is 2.38. The van der Waals surface area contributed by atoms with Gasteiger partial charge < -0.3 is 11.1 Å². The molecule has 0 bridgehead atoms. The Kier molecular flexibility index (Phi) is 4.80. The van der Waals surface area contributed by atoms with Crippen LogP contribution in [-0.2, 0) is 6.18 Å². The second-order valence-corrected chi connectivity index (χ2v) is 6.66. The van der Waals surface area contributed by atoms with Gasteiger partial charge in [0.2, 0.25) is 5.82 Å². The number of carbonyl (C=O) groups is 1. The van der Waals surface area contributed by atoms with Gasteiger partial charge in [0.25, 0.3) is 5.91 Å². The fourth-order valence-electron chi connectivity index (χ4n) is 3.12. The number of nitrogen functional groups attached to an aromatic ring is 1. The Balaban J connectivity index is 1.70. The van der Waals surface area contributed by atoms with Crippen molar-refractivity contribution in [3.05, 3.63) is 71.6 Å². The molecule has 1 amide bonds. The molecule has 158 valence electrons. The van der Waals surface area contributed by atoms with E-state index in [4.69, 9.17) is 5.73 Å². The smallest absolute Gasteiger partial charge is 0.399 e. The highest BCUT2D eigenvalue weighted by molar-refractivity contribution is 6.04. The molecule has 0 fully saturated rings. The molecule has 11 heteroatoms. The summed E-state index contributed by atoms with van der Waals surface area (Å²) in [4.78, 5) is 23.9. The zero-order valence-corrected chi connectivity index (χ0v) is 15.9. The number of aryl methyl sites for hydroxylation is 1. The van der Waals surface area contributed by atoms with Crippen molar-refractivity contribution in [2.24, 2.45) is 0 Å². The molecule has 4 rings (SSSR count). The van der Waals surface area contributed by atoms with Crippen LogP contribution in [0.15, 0.2) is 48.8 Å². The lowest BCUT2D eigenvalue weighted by Crippen LogP contribution is -2.17. The summed E-state index contributed by atoms with van der Waals surface area (Å²) in [7, 11) is 0. The highest BCUT2D eigenvalue weighted by Crippen LogP contribution is 2.33. The largest absolute Gasteiger partial charge is 0.450 e. The molecule has 2 heterocycles. The maximum Gasteiger partial charge on any atom is 0.450 e. The summed E-state index contributed by atoms with van der Waals surface area (Å²) in [6.07, 6.45) is -2.63. The van der Waals surface area contributed by atoms with Crippen molar-refractivity contribution in [3.63, 3.8) is 0 Å². The minimum Gasteiger partial charge on any atom is -0.399 e. The first-order valence-electron chi connectivity index (χ1n) is 8.89. The number of fused-ring (bicyclic) bond motifs is 1. The van der Waals surface area contributed by atoms with Crippen molar-refractivity contribution >= 4 is 28.4 Å². The lowest BCUT2D eigenvalue weighted by atomic mass is 10.1. The van der Waals surface area contributed by atoms with E-state index in [0.29, 0.717) is 5.56 Å². The van der Waals surface area contributed by atoms with Crippen molar-refractivity contribution in [3.8, 4) is 5.82 Å². The van der Waals surface area contributed by atoms with Crippen molar-refractivity contribution in [2.45, 2.75) is 13.1 Å². The van der Waals surface area contributed by atoms with E-state index in [1.807, 2.05) is 0 Å². The molecule has 0 saturated heterocycles. The Morgan fingerprint density at radius 1 is 1.13 bits per heavy atom. The number of carbonyl (C=O) groups excluding carboxylic acids is 1. The molecule has 3 N–H and O–H groups in total. The van der Waals surface area contributed by atoms with E-state index in [1.165, 1.54) is 24.3 Å². The summed E-state index contributed by atoms with van der Waals surface area (Å²) in [5, 5.41) is 2.39. The number of nitrogens with zero attached hydrogens (tertiary/aromatic N) is 4. The Bertz CT molecular complexity index is 1280. The van der Waals surface area contributed by atoms with Crippen molar-refractivity contribution in [2.75, 3.05) is 11.1 Å². The van der Waals surface area contributed by atoms with Gasteiger partial charge in [-0.05, 0) is 36.8 Å². The lowest BCUT2D eigenvalue weighted by Gasteiger charge is -2.11. The number of amides is 1. The molecule has 4 aromatic rings. The zero-order valence-electron chi connectivity index (χ0n) is 15.9.